The third-order valence-corrected chi connectivity index (χ3v) is 3.07. The molecule has 0 saturated carbocycles. The Morgan fingerprint density at radius 2 is 2.11 bits per heavy atom. The van der Waals surface area contributed by atoms with Gasteiger partial charge in [-0.15, -0.1) is 11.3 Å². The van der Waals surface area contributed by atoms with Crippen molar-refractivity contribution in [2.24, 2.45) is 0 Å². The minimum atomic E-state index is -0.468. The van der Waals surface area contributed by atoms with Crippen molar-refractivity contribution in [1.29, 1.82) is 0 Å². The van der Waals surface area contributed by atoms with Crippen molar-refractivity contribution in [3.8, 4) is 0 Å². The smallest absolute Gasteiger partial charge is 0.224 e. The monoisotopic (exact) mass is 267 g/mol. The van der Waals surface area contributed by atoms with Crippen LogP contribution in [0.1, 0.15) is 16.8 Å². The molecule has 2 aromatic rings. The zero-order chi connectivity index (χ0) is 13.0. The molecule has 2 heterocycles. The van der Waals surface area contributed by atoms with E-state index in [9.17, 15) is 4.39 Å². The van der Waals surface area contributed by atoms with Gasteiger partial charge in [0.25, 0.3) is 0 Å². The molecule has 0 aliphatic heterocycles. The Bertz CT molecular complexity index is 528. The van der Waals surface area contributed by atoms with E-state index in [0.717, 1.165) is 16.1 Å². The summed E-state index contributed by atoms with van der Waals surface area (Å²) in [7, 11) is 0. The van der Waals surface area contributed by atoms with E-state index in [2.05, 4.69) is 25.6 Å². The van der Waals surface area contributed by atoms with E-state index in [0.29, 0.717) is 19.0 Å². The lowest BCUT2D eigenvalue weighted by Gasteiger charge is -2.07. The summed E-state index contributed by atoms with van der Waals surface area (Å²) in [5, 5.41) is 6.76. The molecule has 0 bridgehead atoms. The fourth-order valence-electron chi connectivity index (χ4n) is 1.38. The van der Waals surface area contributed by atoms with Crippen molar-refractivity contribution in [2.75, 3.05) is 17.2 Å². The van der Waals surface area contributed by atoms with Gasteiger partial charge >= 0.3 is 0 Å². The predicted octanol–water partition coefficient (Wildman–Crippen LogP) is 2.42. The quantitative estimate of drug-likeness (QED) is 0.871. The molecule has 5 nitrogen and oxygen atoms in total. The van der Waals surface area contributed by atoms with E-state index in [1.165, 1.54) is 0 Å². The van der Waals surface area contributed by atoms with Crippen molar-refractivity contribution in [1.82, 2.24) is 15.0 Å². The lowest BCUT2D eigenvalue weighted by Crippen LogP contribution is -2.08. The molecule has 0 saturated heterocycles. The zero-order valence-electron chi connectivity index (χ0n) is 10.2. The molecule has 2 rings (SSSR count). The molecule has 0 amide bonds. The number of halogens is 1. The van der Waals surface area contributed by atoms with Gasteiger partial charge in [-0.3, -0.25) is 0 Å². The topological polar surface area (TPSA) is 62.7 Å². The third-order valence-electron chi connectivity index (χ3n) is 2.16. The molecule has 0 aliphatic rings. The van der Waals surface area contributed by atoms with Crippen LogP contribution in [0.4, 0.5) is 16.2 Å². The molecule has 0 unspecified atom stereocenters. The second kappa shape index (κ2) is 5.72. The van der Waals surface area contributed by atoms with Gasteiger partial charge in [0.2, 0.25) is 5.95 Å². The third kappa shape index (κ3) is 3.13. The van der Waals surface area contributed by atoms with Gasteiger partial charge in [-0.25, -0.2) is 14.4 Å². The van der Waals surface area contributed by atoms with E-state index in [1.807, 2.05) is 13.8 Å². The van der Waals surface area contributed by atoms with Gasteiger partial charge in [0, 0.05) is 17.6 Å². The van der Waals surface area contributed by atoms with Crippen LogP contribution in [0.3, 0.4) is 0 Å². The van der Waals surface area contributed by atoms with Crippen molar-refractivity contribution in [3.05, 3.63) is 28.1 Å². The van der Waals surface area contributed by atoms with Crippen molar-refractivity contribution in [2.45, 2.75) is 20.4 Å². The number of hydrogen-bond acceptors (Lipinski definition) is 6. The standard InChI is InChI=1S/C11H14FN5S/c1-3-13-11-16-5-8(12)10(17-11)15-6-9-14-4-7(2)18-9/h4-5H,3,6H2,1-2H3,(H2,13,15,16,17). The van der Waals surface area contributed by atoms with E-state index in [4.69, 9.17) is 0 Å². The molecular weight excluding hydrogens is 253 g/mol. The molecule has 0 radical (unpaired) electrons. The highest BCUT2D eigenvalue weighted by atomic mass is 32.1. The summed E-state index contributed by atoms with van der Waals surface area (Å²) in [5.41, 5.74) is 0. The number of nitrogens with zero attached hydrogens (tertiary/aromatic N) is 3. The summed E-state index contributed by atoms with van der Waals surface area (Å²) in [6, 6.07) is 0. The molecule has 0 aliphatic carbocycles. The van der Waals surface area contributed by atoms with Gasteiger partial charge in [0.05, 0.1) is 12.7 Å². The molecule has 0 spiro atoms. The molecule has 0 atom stereocenters. The van der Waals surface area contributed by atoms with Gasteiger partial charge in [-0.05, 0) is 13.8 Å². The molecular formula is C11H14FN5S. The summed E-state index contributed by atoms with van der Waals surface area (Å²) >= 11 is 1.57. The Morgan fingerprint density at radius 1 is 1.28 bits per heavy atom. The summed E-state index contributed by atoms with van der Waals surface area (Å²) in [4.78, 5) is 13.2. The maximum atomic E-state index is 13.5. The zero-order valence-corrected chi connectivity index (χ0v) is 11.0. The van der Waals surface area contributed by atoms with Crippen LogP contribution in [0, 0.1) is 12.7 Å². The Balaban J connectivity index is 2.05. The Kier molecular flexibility index (Phi) is 4.03. The lowest BCUT2D eigenvalue weighted by atomic mass is 10.5. The average Bonchev–Trinajstić information content (AvgIpc) is 2.76. The molecule has 96 valence electrons. The second-order valence-electron chi connectivity index (χ2n) is 3.64. The van der Waals surface area contributed by atoms with Gasteiger partial charge in [0.1, 0.15) is 5.01 Å². The SMILES string of the molecule is CCNc1ncc(F)c(NCc2ncc(C)s2)n1. The van der Waals surface area contributed by atoms with Gasteiger partial charge in [-0.2, -0.15) is 4.98 Å². The minimum absolute atomic E-state index is 0.189. The Labute approximate surface area is 109 Å². The molecule has 18 heavy (non-hydrogen) atoms. The van der Waals surface area contributed by atoms with Gasteiger partial charge in [-0.1, -0.05) is 0 Å². The maximum absolute atomic E-state index is 13.5. The van der Waals surface area contributed by atoms with Crippen LogP contribution in [-0.4, -0.2) is 21.5 Å². The highest BCUT2D eigenvalue weighted by Gasteiger charge is 2.07. The van der Waals surface area contributed by atoms with E-state index in [-0.39, 0.29) is 5.82 Å². The number of hydrogen-bond donors (Lipinski definition) is 2. The molecule has 0 aromatic carbocycles. The maximum Gasteiger partial charge on any atom is 0.224 e. The van der Waals surface area contributed by atoms with Gasteiger partial charge < -0.3 is 10.6 Å². The first-order valence-electron chi connectivity index (χ1n) is 5.60. The second-order valence-corrected chi connectivity index (χ2v) is 4.96. The number of aromatic nitrogens is 3. The van der Waals surface area contributed by atoms with Crippen LogP contribution in [-0.2, 0) is 6.54 Å². The van der Waals surface area contributed by atoms with E-state index in [1.54, 1.807) is 17.5 Å². The normalized spacial score (nSPS) is 10.4. The summed E-state index contributed by atoms with van der Waals surface area (Å²) < 4.78 is 13.5. The largest absolute Gasteiger partial charge is 0.361 e. The number of aryl methyl sites for hydroxylation is 1. The molecule has 2 N–H and O–H groups in total. The first-order chi connectivity index (χ1) is 8.69. The van der Waals surface area contributed by atoms with Crippen LogP contribution in [0.15, 0.2) is 12.4 Å². The predicted molar refractivity (Wildman–Crippen MR) is 70.3 cm³/mol. The fourth-order valence-corrected chi connectivity index (χ4v) is 2.10. The van der Waals surface area contributed by atoms with E-state index < -0.39 is 5.82 Å². The molecule has 7 heteroatoms. The Hall–Kier alpha value is -1.76. The van der Waals surface area contributed by atoms with Crippen LogP contribution < -0.4 is 10.6 Å². The first kappa shape index (κ1) is 12.7. The Morgan fingerprint density at radius 3 is 2.78 bits per heavy atom. The van der Waals surface area contributed by atoms with Crippen LogP contribution >= 0.6 is 11.3 Å². The number of anilines is 2. The number of nitrogens with one attached hydrogen (secondary N) is 2. The van der Waals surface area contributed by atoms with Gasteiger partial charge in [0.15, 0.2) is 11.6 Å². The van der Waals surface area contributed by atoms with Crippen molar-refractivity contribution >= 4 is 23.1 Å². The average molecular weight is 267 g/mol. The van der Waals surface area contributed by atoms with E-state index >= 15 is 0 Å². The number of rotatable bonds is 5. The van der Waals surface area contributed by atoms with Crippen LogP contribution in [0.5, 0.6) is 0 Å². The number of thiazole rings is 1. The first-order valence-corrected chi connectivity index (χ1v) is 6.42. The lowest BCUT2D eigenvalue weighted by molar-refractivity contribution is 0.617. The summed E-state index contributed by atoms with van der Waals surface area (Å²) in [5.74, 6) is 0.135. The minimum Gasteiger partial charge on any atom is -0.361 e. The van der Waals surface area contributed by atoms with Crippen molar-refractivity contribution < 1.29 is 4.39 Å². The fraction of sp³-hybridized carbons (Fsp3) is 0.364. The highest BCUT2D eigenvalue weighted by Crippen LogP contribution is 2.15. The molecule has 2 aromatic heterocycles. The van der Waals surface area contributed by atoms with Crippen LogP contribution in [0.25, 0.3) is 0 Å². The summed E-state index contributed by atoms with van der Waals surface area (Å²) in [6.07, 6.45) is 2.95. The van der Waals surface area contributed by atoms with Crippen molar-refractivity contribution in [3.63, 3.8) is 0 Å². The highest BCUT2D eigenvalue weighted by molar-refractivity contribution is 7.11. The molecule has 0 fully saturated rings. The van der Waals surface area contributed by atoms with Crippen LogP contribution in [0.2, 0.25) is 0 Å². The summed E-state index contributed by atoms with van der Waals surface area (Å²) in [6.45, 7) is 5.06.